The van der Waals surface area contributed by atoms with Gasteiger partial charge in [-0.15, -0.1) is 0 Å². The van der Waals surface area contributed by atoms with Gasteiger partial charge in [0.25, 0.3) is 10.1 Å². The predicted molar refractivity (Wildman–Crippen MR) is 77.4 cm³/mol. The molecule has 0 saturated heterocycles. The molecule has 1 unspecified atom stereocenters. The molecule has 106 valence electrons. The summed E-state index contributed by atoms with van der Waals surface area (Å²) in [5.41, 5.74) is 1.15. The van der Waals surface area contributed by atoms with Gasteiger partial charge in [0, 0.05) is 12.0 Å². The molecule has 1 atom stereocenters. The van der Waals surface area contributed by atoms with Crippen molar-refractivity contribution in [3.05, 3.63) is 48.6 Å². The van der Waals surface area contributed by atoms with Crippen LogP contribution in [0.2, 0.25) is 0 Å². The van der Waals surface area contributed by atoms with E-state index in [4.69, 9.17) is 4.55 Å². The maximum Gasteiger partial charge on any atom is 0.265 e. The first-order valence-corrected chi connectivity index (χ1v) is 7.82. The van der Waals surface area contributed by atoms with Crippen LogP contribution in [-0.2, 0) is 10.1 Å². The van der Waals surface area contributed by atoms with Crippen LogP contribution in [0.1, 0.15) is 18.0 Å². The van der Waals surface area contributed by atoms with E-state index in [1.807, 2.05) is 50.5 Å². The monoisotopic (exact) mass is 284 g/mol. The van der Waals surface area contributed by atoms with Gasteiger partial charge in [0.05, 0.1) is 26.4 Å². The molecule has 1 N–H and O–H groups in total. The van der Waals surface area contributed by atoms with Crippen LogP contribution in [0.4, 0.5) is 0 Å². The molecule has 1 aromatic carbocycles. The minimum atomic E-state index is -3.88. The first-order chi connectivity index (χ1) is 8.76. The number of hydrogen-bond acceptors (Lipinski definition) is 2. The van der Waals surface area contributed by atoms with E-state index in [0.717, 1.165) is 5.56 Å². The Morgan fingerprint density at radius 2 is 1.89 bits per heavy atom. The van der Waals surface area contributed by atoms with Gasteiger partial charge in [-0.25, -0.2) is 0 Å². The summed E-state index contributed by atoms with van der Waals surface area (Å²) in [5.74, 6) is -0.201. The van der Waals surface area contributed by atoms with E-state index >= 15 is 0 Å². The van der Waals surface area contributed by atoms with Crippen LogP contribution in [0.5, 0.6) is 0 Å². The Morgan fingerprint density at radius 1 is 1.32 bits per heavy atom. The smallest absolute Gasteiger partial charge is 0.265 e. The Hall–Kier alpha value is -1.17. The molecule has 1 rings (SSSR count). The second kappa shape index (κ2) is 6.32. The van der Waals surface area contributed by atoms with Crippen LogP contribution in [0.15, 0.2) is 43.0 Å². The van der Waals surface area contributed by atoms with Crippen molar-refractivity contribution in [2.75, 3.05) is 26.4 Å². The highest BCUT2D eigenvalue weighted by molar-refractivity contribution is 7.85. The Balaban J connectivity index is 2.76. The lowest BCUT2D eigenvalue weighted by Crippen LogP contribution is -2.43. The van der Waals surface area contributed by atoms with Crippen molar-refractivity contribution in [3.8, 4) is 0 Å². The van der Waals surface area contributed by atoms with Gasteiger partial charge < -0.3 is 4.48 Å². The quantitative estimate of drug-likeness (QED) is 0.475. The molecule has 0 aliphatic heterocycles. The molecule has 0 fully saturated rings. The molecule has 0 saturated carbocycles. The number of likely N-dealkylation sites (N-methyl/N-ethyl adjacent to an activating group) is 1. The summed E-state index contributed by atoms with van der Waals surface area (Å²) in [6.45, 7) is 4.52. The summed E-state index contributed by atoms with van der Waals surface area (Å²) in [4.78, 5) is 0. The van der Waals surface area contributed by atoms with Crippen LogP contribution >= 0.6 is 0 Å². The predicted octanol–water partition coefficient (Wildman–Crippen LogP) is 2.27. The Labute approximate surface area is 115 Å². The van der Waals surface area contributed by atoms with E-state index in [0.29, 0.717) is 17.4 Å². The van der Waals surface area contributed by atoms with E-state index < -0.39 is 10.1 Å². The number of hydrogen-bond donors (Lipinski definition) is 1. The largest absolute Gasteiger partial charge is 0.319 e. The van der Waals surface area contributed by atoms with E-state index in [1.165, 1.54) is 0 Å². The third kappa shape index (κ3) is 5.14. The van der Waals surface area contributed by atoms with Crippen molar-refractivity contribution in [3.63, 3.8) is 0 Å². The van der Waals surface area contributed by atoms with Gasteiger partial charge in [-0.05, 0) is 6.08 Å². The molecule has 0 radical (unpaired) electrons. The lowest BCUT2D eigenvalue weighted by Gasteiger charge is -2.36. The molecule has 0 aromatic heterocycles. The van der Waals surface area contributed by atoms with Crippen LogP contribution in [0.25, 0.3) is 0 Å². The zero-order valence-electron chi connectivity index (χ0n) is 11.5. The molecule has 0 bridgehead atoms. The van der Waals surface area contributed by atoms with E-state index in [-0.39, 0.29) is 11.8 Å². The molecule has 19 heavy (non-hydrogen) atoms. The van der Waals surface area contributed by atoms with Crippen LogP contribution < -0.4 is 0 Å². The fraction of sp³-hybridized carbons (Fsp3) is 0.429. The summed E-state index contributed by atoms with van der Waals surface area (Å²) in [6, 6.07) is 10.1. The second-order valence-corrected chi connectivity index (χ2v) is 6.81. The summed E-state index contributed by atoms with van der Waals surface area (Å²) >= 11 is 0. The number of benzene rings is 1. The van der Waals surface area contributed by atoms with Gasteiger partial charge in [0.1, 0.15) is 6.04 Å². The van der Waals surface area contributed by atoms with E-state index in [2.05, 4.69) is 6.58 Å². The van der Waals surface area contributed by atoms with Gasteiger partial charge in [-0.1, -0.05) is 36.9 Å². The Bertz CT molecular complexity index is 509. The summed E-state index contributed by atoms with van der Waals surface area (Å²) in [7, 11) is 0.183. The number of nitrogens with zero attached hydrogens (tertiary/aromatic N) is 1. The molecule has 0 spiro atoms. The highest BCUT2D eigenvalue weighted by Crippen LogP contribution is 2.26. The molecule has 5 heteroatoms. The van der Waals surface area contributed by atoms with Gasteiger partial charge in [-0.2, -0.15) is 8.42 Å². The topological polar surface area (TPSA) is 54.4 Å². The molecule has 1 aromatic rings. The molecule has 4 nitrogen and oxygen atoms in total. The SMILES string of the molecule is C=CC(c1ccccc1)[N+](C)(C)CCCS(=O)(=O)O. The van der Waals surface area contributed by atoms with Crippen molar-refractivity contribution in [2.45, 2.75) is 12.5 Å². The molecule has 0 aliphatic carbocycles. The molecule has 0 heterocycles. The molecular weight excluding hydrogens is 262 g/mol. The lowest BCUT2D eigenvalue weighted by atomic mass is 10.0. The minimum Gasteiger partial charge on any atom is -0.319 e. The van der Waals surface area contributed by atoms with Crippen LogP contribution in [-0.4, -0.2) is 43.8 Å². The summed E-state index contributed by atoms with van der Waals surface area (Å²) in [6.07, 6.45) is 2.30. The van der Waals surface area contributed by atoms with Gasteiger partial charge in [0.15, 0.2) is 0 Å². The highest BCUT2D eigenvalue weighted by Gasteiger charge is 2.27. The third-order valence-corrected chi connectivity index (χ3v) is 4.06. The zero-order chi connectivity index (χ0) is 14.5. The van der Waals surface area contributed by atoms with Crippen molar-refractivity contribution < 1.29 is 17.5 Å². The van der Waals surface area contributed by atoms with Crippen LogP contribution in [0.3, 0.4) is 0 Å². The normalized spacial score (nSPS) is 14.1. The van der Waals surface area contributed by atoms with Gasteiger partial charge in [-0.3, -0.25) is 4.55 Å². The standard InChI is InChI=1S/C14H21NO3S/c1-4-14(13-9-6-5-7-10-13)15(2,3)11-8-12-19(16,17)18/h4-7,9-10,14H,1,8,11-12H2,2-3H3/p+1. The lowest BCUT2D eigenvalue weighted by molar-refractivity contribution is -0.914. The molecular formula is C14H22NO3S+. The summed E-state index contributed by atoms with van der Waals surface area (Å²) in [5, 5.41) is 0. The van der Waals surface area contributed by atoms with Crippen molar-refractivity contribution in [1.82, 2.24) is 0 Å². The minimum absolute atomic E-state index is 0.0996. The molecule has 0 aliphatic rings. The summed E-state index contributed by atoms with van der Waals surface area (Å²) < 4.78 is 30.9. The first-order valence-electron chi connectivity index (χ1n) is 6.21. The van der Waals surface area contributed by atoms with E-state index in [9.17, 15) is 8.42 Å². The maximum absolute atomic E-state index is 10.8. The number of rotatable bonds is 7. The Kier molecular flexibility index (Phi) is 5.29. The van der Waals surface area contributed by atoms with Crippen molar-refractivity contribution >= 4 is 10.1 Å². The van der Waals surface area contributed by atoms with Gasteiger partial charge in [0.2, 0.25) is 0 Å². The molecule has 0 amide bonds. The van der Waals surface area contributed by atoms with E-state index in [1.54, 1.807) is 0 Å². The second-order valence-electron chi connectivity index (χ2n) is 5.23. The van der Waals surface area contributed by atoms with Crippen molar-refractivity contribution in [1.29, 1.82) is 0 Å². The number of quaternary nitrogens is 1. The zero-order valence-corrected chi connectivity index (χ0v) is 12.3. The fourth-order valence-electron chi connectivity index (χ4n) is 2.27. The maximum atomic E-state index is 10.8. The average Bonchev–Trinajstić information content (AvgIpc) is 2.28. The highest BCUT2D eigenvalue weighted by atomic mass is 32.2. The third-order valence-electron chi connectivity index (χ3n) is 3.25. The Morgan fingerprint density at radius 3 is 2.37 bits per heavy atom. The van der Waals surface area contributed by atoms with Crippen LogP contribution in [0, 0.1) is 0 Å². The fourth-order valence-corrected chi connectivity index (χ4v) is 2.76. The average molecular weight is 284 g/mol. The van der Waals surface area contributed by atoms with Crippen molar-refractivity contribution in [2.24, 2.45) is 0 Å². The first kappa shape index (κ1) is 15.9. The van der Waals surface area contributed by atoms with Gasteiger partial charge >= 0.3 is 0 Å².